The standard InChI is InChI=1S/C23H25FN4O2S/c1-15-19(11-12-29)22(14-28(3)4)21-13-18(27-31(30)25-2)9-10-20(21)23(26-15)16-5-7-17(24)8-6-16/h5-15,25,27H,1-4H3/b19-11-,22-14+/t15-,31?/m0/s1. The molecule has 1 unspecified atom stereocenters. The molecule has 0 saturated heterocycles. The van der Waals surface area contributed by atoms with Crippen molar-refractivity contribution < 1.29 is 13.7 Å². The Morgan fingerprint density at radius 1 is 1.16 bits per heavy atom. The lowest BCUT2D eigenvalue weighted by Crippen LogP contribution is -2.26. The first-order valence-corrected chi connectivity index (χ1v) is 10.9. The van der Waals surface area contributed by atoms with Crippen LogP contribution in [0.25, 0.3) is 5.57 Å². The summed E-state index contributed by atoms with van der Waals surface area (Å²) in [6, 6.07) is 11.5. The van der Waals surface area contributed by atoms with Gasteiger partial charge in [0.15, 0.2) is 11.5 Å². The number of allylic oxidation sites excluding steroid dienone is 1. The Kier molecular flexibility index (Phi) is 7.27. The van der Waals surface area contributed by atoms with Crippen LogP contribution in [-0.4, -0.2) is 48.6 Å². The Morgan fingerprint density at radius 2 is 1.87 bits per heavy atom. The Labute approximate surface area is 185 Å². The van der Waals surface area contributed by atoms with Crippen molar-refractivity contribution in [3.05, 3.63) is 82.8 Å². The van der Waals surface area contributed by atoms with Gasteiger partial charge in [0.1, 0.15) is 12.1 Å². The minimum Gasteiger partial charge on any atom is -0.574 e. The fourth-order valence-electron chi connectivity index (χ4n) is 3.45. The first kappa shape index (κ1) is 22.7. The first-order chi connectivity index (χ1) is 14.8. The van der Waals surface area contributed by atoms with Crippen LogP contribution in [0.5, 0.6) is 0 Å². The molecular formula is C23H25FN4O2S. The number of rotatable bonds is 6. The van der Waals surface area contributed by atoms with Crippen LogP contribution in [0.15, 0.2) is 65.3 Å². The van der Waals surface area contributed by atoms with Gasteiger partial charge in [0, 0.05) is 44.0 Å². The van der Waals surface area contributed by atoms with E-state index in [4.69, 9.17) is 4.99 Å². The predicted molar refractivity (Wildman–Crippen MR) is 125 cm³/mol. The number of halogens is 1. The lowest BCUT2D eigenvalue weighted by atomic mass is 9.89. The van der Waals surface area contributed by atoms with E-state index in [1.807, 2.05) is 50.3 Å². The molecule has 6 nitrogen and oxygen atoms in total. The van der Waals surface area contributed by atoms with E-state index in [2.05, 4.69) is 9.44 Å². The Morgan fingerprint density at radius 3 is 2.48 bits per heavy atom. The molecule has 162 valence electrons. The van der Waals surface area contributed by atoms with Gasteiger partial charge in [-0.3, -0.25) is 9.79 Å². The highest BCUT2D eigenvalue weighted by Gasteiger charge is 2.26. The molecule has 0 bridgehead atoms. The number of aldehydes is 1. The fourth-order valence-corrected chi connectivity index (χ4v) is 3.89. The molecule has 0 radical (unpaired) electrons. The number of carbonyl (C=O) groups excluding carboxylic acids is 1. The number of carbonyl (C=O) groups is 1. The lowest BCUT2D eigenvalue weighted by Gasteiger charge is -2.18. The topological polar surface area (TPSA) is 79.8 Å². The minimum atomic E-state index is -1.44. The molecular weight excluding hydrogens is 415 g/mol. The molecule has 0 saturated carbocycles. The van der Waals surface area contributed by atoms with Crippen LogP contribution in [0.4, 0.5) is 10.1 Å². The molecule has 0 fully saturated rings. The molecule has 2 atom stereocenters. The SMILES string of the molecule is CN[S+]([O-])Nc1ccc2c(c1)C(=C/N(C)C)/C(=C\C=O)[C@H](C)N=C2c1ccc(F)cc1. The molecule has 1 aliphatic heterocycles. The second-order valence-electron chi connectivity index (χ2n) is 7.26. The van der Waals surface area contributed by atoms with Crippen molar-refractivity contribution in [2.24, 2.45) is 4.99 Å². The number of nitrogens with one attached hydrogen (secondary N) is 2. The van der Waals surface area contributed by atoms with Gasteiger partial charge in [-0.25, -0.2) is 4.39 Å². The van der Waals surface area contributed by atoms with Gasteiger partial charge in [0.25, 0.3) is 0 Å². The largest absolute Gasteiger partial charge is 0.574 e. The summed E-state index contributed by atoms with van der Waals surface area (Å²) in [7, 11) is 5.40. The van der Waals surface area contributed by atoms with E-state index in [1.54, 1.807) is 19.2 Å². The number of fused-ring (bicyclic) bond motifs is 1. The van der Waals surface area contributed by atoms with Crippen LogP contribution in [0.3, 0.4) is 0 Å². The van der Waals surface area contributed by atoms with E-state index in [1.165, 1.54) is 18.2 Å². The van der Waals surface area contributed by atoms with Gasteiger partial charge >= 0.3 is 0 Å². The van der Waals surface area contributed by atoms with Crippen LogP contribution in [-0.2, 0) is 16.3 Å². The second-order valence-corrected chi connectivity index (χ2v) is 8.41. The molecule has 31 heavy (non-hydrogen) atoms. The summed E-state index contributed by atoms with van der Waals surface area (Å²) in [5, 5.41) is 0. The maximum atomic E-state index is 13.5. The summed E-state index contributed by atoms with van der Waals surface area (Å²) < 4.78 is 31.0. The van der Waals surface area contributed by atoms with Gasteiger partial charge in [-0.2, -0.15) is 4.72 Å². The minimum absolute atomic E-state index is 0.313. The molecule has 0 aliphatic carbocycles. The van der Waals surface area contributed by atoms with E-state index in [0.717, 1.165) is 34.1 Å². The quantitative estimate of drug-likeness (QED) is 0.409. The molecule has 0 amide bonds. The van der Waals surface area contributed by atoms with Crippen molar-refractivity contribution in [2.75, 3.05) is 25.9 Å². The number of benzene rings is 2. The third kappa shape index (κ3) is 5.22. The van der Waals surface area contributed by atoms with Crippen LogP contribution in [0.1, 0.15) is 23.6 Å². The number of hydrogen-bond acceptors (Lipinski definition) is 6. The summed E-state index contributed by atoms with van der Waals surface area (Å²) >= 11 is -1.44. The number of nitrogens with zero attached hydrogens (tertiary/aromatic N) is 2. The highest BCUT2D eigenvalue weighted by atomic mass is 32.2. The fraction of sp³-hybridized carbons (Fsp3) is 0.217. The number of anilines is 1. The van der Waals surface area contributed by atoms with Gasteiger partial charge in [-0.05, 0) is 66.6 Å². The van der Waals surface area contributed by atoms with E-state index < -0.39 is 11.5 Å². The molecule has 0 spiro atoms. The van der Waals surface area contributed by atoms with Crippen molar-refractivity contribution in [3.8, 4) is 0 Å². The zero-order valence-corrected chi connectivity index (χ0v) is 18.7. The summed E-state index contributed by atoms with van der Waals surface area (Å²) in [5.74, 6) is -0.324. The smallest absolute Gasteiger partial charge is 0.163 e. The molecule has 2 N–H and O–H groups in total. The van der Waals surface area contributed by atoms with Crippen molar-refractivity contribution in [3.63, 3.8) is 0 Å². The summed E-state index contributed by atoms with van der Waals surface area (Å²) in [6.07, 6.45) is 4.21. The summed E-state index contributed by atoms with van der Waals surface area (Å²) in [6.45, 7) is 1.92. The maximum absolute atomic E-state index is 13.5. The highest BCUT2D eigenvalue weighted by molar-refractivity contribution is 7.90. The summed E-state index contributed by atoms with van der Waals surface area (Å²) in [5.41, 5.74) is 5.37. The van der Waals surface area contributed by atoms with Crippen LogP contribution >= 0.6 is 0 Å². The maximum Gasteiger partial charge on any atom is 0.163 e. The van der Waals surface area contributed by atoms with Crippen LogP contribution in [0.2, 0.25) is 0 Å². The zero-order valence-electron chi connectivity index (χ0n) is 17.8. The van der Waals surface area contributed by atoms with E-state index in [0.29, 0.717) is 11.4 Å². The Balaban J connectivity index is 2.29. The van der Waals surface area contributed by atoms with Crippen molar-refractivity contribution in [1.82, 2.24) is 9.62 Å². The highest BCUT2D eigenvalue weighted by Crippen LogP contribution is 2.36. The first-order valence-electron chi connectivity index (χ1n) is 9.72. The van der Waals surface area contributed by atoms with Crippen molar-refractivity contribution in [2.45, 2.75) is 13.0 Å². The molecule has 2 aromatic rings. The molecule has 8 heteroatoms. The second kappa shape index (κ2) is 9.91. The van der Waals surface area contributed by atoms with Crippen LogP contribution in [0, 0.1) is 5.82 Å². The van der Waals surface area contributed by atoms with Gasteiger partial charge in [0.05, 0.1) is 17.4 Å². The monoisotopic (exact) mass is 440 g/mol. The number of hydrogen-bond donors (Lipinski definition) is 2. The van der Waals surface area contributed by atoms with Crippen LogP contribution < -0.4 is 9.44 Å². The van der Waals surface area contributed by atoms with E-state index in [9.17, 15) is 13.7 Å². The zero-order chi connectivity index (χ0) is 22.5. The molecule has 2 aromatic carbocycles. The van der Waals surface area contributed by atoms with Gasteiger partial charge < -0.3 is 9.45 Å². The van der Waals surface area contributed by atoms with Gasteiger partial charge in [0.2, 0.25) is 0 Å². The summed E-state index contributed by atoms with van der Waals surface area (Å²) in [4.78, 5) is 18.2. The lowest BCUT2D eigenvalue weighted by molar-refractivity contribution is -0.104. The van der Waals surface area contributed by atoms with Gasteiger partial charge in [-0.1, -0.05) is 0 Å². The van der Waals surface area contributed by atoms with Crippen molar-refractivity contribution in [1.29, 1.82) is 0 Å². The average Bonchev–Trinajstić information content (AvgIpc) is 2.84. The average molecular weight is 441 g/mol. The third-order valence-corrected chi connectivity index (χ3v) is 5.59. The van der Waals surface area contributed by atoms with E-state index in [-0.39, 0.29) is 11.9 Å². The normalized spacial score (nSPS) is 19.4. The number of aliphatic imine (C=N–C) groups is 1. The van der Waals surface area contributed by atoms with E-state index >= 15 is 0 Å². The molecule has 1 aliphatic rings. The van der Waals surface area contributed by atoms with Gasteiger partial charge in [-0.15, -0.1) is 4.72 Å². The third-order valence-electron chi connectivity index (χ3n) is 4.80. The van der Waals surface area contributed by atoms with Crippen molar-refractivity contribution >= 4 is 34.8 Å². The Bertz CT molecular complexity index is 1050. The molecule has 3 rings (SSSR count). The molecule has 0 aromatic heterocycles. The molecule has 1 heterocycles. The Hall–Kier alpha value is -2.94. The predicted octanol–water partition coefficient (Wildman–Crippen LogP) is 3.30.